The number of ether oxygens (including phenoxy) is 1. The van der Waals surface area contributed by atoms with Crippen LogP contribution >= 0.6 is 0 Å². The monoisotopic (exact) mass is 296 g/mol. The van der Waals surface area contributed by atoms with Crippen LogP contribution in [0, 0.1) is 5.82 Å². The van der Waals surface area contributed by atoms with Gasteiger partial charge in [-0.05, 0) is 38.5 Å². The minimum Gasteiger partial charge on any atom is -0.449 e. The quantitative estimate of drug-likeness (QED) is 0.623. The summed E-state index contributed by atoms with van der Waals surface area (Å²) >= 11 is 0. The average Bonchev–Trinajstić information content (AvgIpc) is 2.41. The molecule has 0 aliphatic carbocycles. The number of nitrogens with one attached hydrogen (secondary N) is 1. The smallest absolute Gasteiger partial charge is 0.339 e. The van der Waals surface area contributed by atoms with Crippen molar-refractivity contribution in [3.05, 3.63) is 29.6 Å². The zero-order chi connectivity index (χ0) is 16.0. The molecule has 0 fully saturated rings. The summed E-state index contributed by atoms with van der Waals surface area (Å²) < 4.78 is 18.3. The molecule has 21 heavy (non-hydrogen) atoms. The van der Waals surface area contributed by atoms with Crippen LogP contribution in [0.2, 0.25) is 0 Å². The van der Waals surface area contributed by atoms with Gasteiger partial charge in [-0.2, -0.15) is 0 Å². The number of halogens is 1. The van der Waals surface area contributed by atoms with Crippen molar-refractivity contribution >= 4 is 17.6 Å². The third kappa shape index (κ3) is 5.06. The molecule has 5 nitrogen and oxygen atoms in total. The van der Waals surface area contributed by atoms with Crippen molar-refractivity contribution in [3.63, 3.8) is 0 Å². The molecule has 2 atom stereocenters. The van der Waals surface area contributed by atoms with Gasteiger partial charge in [0.25, 0.3) is 5.91 Å². The lowest BCUT2D eigenvalue weighted by atomic mass is 10.2. The van der Waals surface area contributed by atoms with Gasteiger partial charge >= 0.3 is 5.97 Å². The number of amides is 1. The molecule has 1 aromatic rings. The summed E-state index contributed by atoms with van der Waals surface area (Å²) in [6.45, 7) is 5.37. The highest BCUT2D eigenvalue weighted by Gasteiger charge is 2.20. The first-order valence-corrected chi connectivity index (χ1v) is 6.91. The molecule has 3 N–H and O–H groups in total. The van der Waals surface area contributed by atoms with E-state index in [4.69, 9.17) is 10.5 Å². The number of rotatable bonds is 6. The van der Waals surface area contributed by atoms with E-state index in [9.17, 15) is 14.0 Å². The molecule has 0 aliphatic heterocycles. The summed E-state index contributed by atoms with van der Waals surface area (Å²) in [5, 5.41) is 2.75. The Morgan fingerprint density at radius 3 is 2.62 bits per heavy atom. The van der Waals surface area contributed by atoms with E-state index in [1.807, 2.05) is 13.8 Å². The number of carbonyl (C=O) groups is 2. The Morgan fingerprint density at radius 2 is 2.05 bits per heavy atom. The molecular weight excluding hydrogens is 275 g/mol. The Bertz CT molecular complexity index is 520. The van der Waals surface area contributed by atoms with E-state index < -0.39 is 17.9 Å². The van der Waals surface area contributed by atoms with Gasteiger partial charge in [-0.1, -0.05) is 13.3 Å². The highest BCUT2D eigenvalue weighted by molar-refractivity contribution is 5.92. The molecule has 2 unspecified atom stereocenters. The van der Waals surface area contributed by atoms with Gasteiger partial charge in [-0.25, -0.2) is 9.18 Å². The SMILES string of the molecule is CCCC(C)NC(=O)C(C)OC(=O)c1ccc(N)c(F)c1. The van der Waals surface area contributed by atoms with Crippen LogP contribution in [0.5, 0.6) is 0 Å². The summed E-state index contributed by atoms with van der Waals surface area (Å²) in [6.07, 6.45) is 0.841. The molecule has 0 aromatic heterocycles. The minimum absolute atomic E-state index is 0.0117. The van der Waals surface area contributed by atoms with Gasteiger partial charge in [0.2, 0.25) is 0 Å². The van der Waals surface area contributed by atoms with E-state index in [2.05, 4.69) is 5.32 Å². The molecule has 0 saturated carbocycles. The van der Waals surface area contributed by atoms with E-state index in [1.54, 1.807) is 0 Å². The van der Waals surface area contributed by atoms with E-state index in [0.717, 1.165) is 18.9 Å². The molecule has 0 heterocycles. The van der Waals surface area contributed by atoms with Gasteiger partial charge in [-0.15, -0.1) is 0 Å². The van der Waals surface area contributed by atoms with E-state index in [1.165, 1.54) is 19.1 Å². The number of hydrogen-bond donors (Lipinski definition) is 2. The Balaban J connectivity index is 2.60. The zero-order valence-corrected chi connectivity index (χ0v) is 12.5. The standard InChI is InChI=1S/C15H21FN2O3/c1-4-5-9(2)18-14(19)10(3)21-15(20)11-6-7-13(17)12(16)8-11/h6-10H,4-5,17H2,1-3H3,(H,18,19). The third-order valence-electron chi connectivity index (χ3n) is 3.00. The van der Waals surface area contributed by atoms with Crippen molar-refractivity contribution in [3.8, 4) is 0 Å². The normalized spacial score (nSPS) is 13.3. The molecule has 0 radical (unpaired) electrons. The van der Waals surface area contributed by atoms with Crippen LogP contribution in [0.1, 0.15) is 44.0 Å². The molecule has 0 bridgehead atoms. The zero-order valence-electron chi connectivity index (χ0n) is 12.5. The molecule has 0 aliphatic rings. The van der Waals surface area contributed by atoms with Crippen LogP contribution in [-0.4, -0.2) is 24.0 Å². The number of hydrogen-bond acceptors (Lipinski definition) is 4. The lowest BCUT2D eigenvalue weighted by molar-refractivity contribution is -0.129. The second-order valence-corrected chi connectivity index (χ2v) is 4.98. The van der Waals surface area contributed by atoms with Crippen molar-refractivity contribution in [2.75, 3.05) is 5.73 Å². The molecular formula is C15H21FN2O3. The number of esters is 1. The Labute approximate surface area is 123 Å². The molecule has 0 saturated heterocycles. The fourth-order valence-corrected chi connectivity index (χ4v) is 1.80. The van der Waals surface area contributed by atoms with Gasteiger partial charge in [0.15, 0.2) is 6.10 Å². The Kier molecular flexibility index (Phi) is 6.14. The first kappa shape index (κ1) is 16.9. The second-order valence-electron chi connectivity index (χ2n) is 4.98. The van der Waals surface area contributed by atoms with Crippen LogP contribution < -0.4 is 11.1 Å². The van der Waals surface area contributed by atoms with Crippen molar-refractivity contribution in [2.45, 2.75) is 45.8 Å². The van der Waals surface area contributed by atoms with Gasteiger partial charge in [-0.3, -0.25) is 4.79 Å². The largest absolute Gasteiger partial charge is 0.449 e. The molecule has 0 spiro atoms. The lowest BCUT2D eigenvalue weighted by Crippen LogP contribution is -2.40. The molecule has 1 aromatic carbocycles. The predicted octanol–water partition coefficient (Wildman–Crippen LogP) is 2.26. The number of carbonyl (C=O) groups excluding carboxylic acids is 2. The fourth-order valence-electron chi connectivity index (χ4n) is 1.80. The Morgan fingerprint density at radius 1 is 1.38 bits per heavy atom. The lowest BCUT2D eigenvalue weighted by Gasteiger charge is -2.17. The van der Waals surface area contributed by atoms with E-state index in [-0.39, 0.29) is 23.2 Å². The number of nitrogens with two attached hydrogens (primary N) is 1. The third-order valence-corrected chi connectivity index (χ3v) is 3.00. The van der Waals surface area contributed by atoms with E-state index >= 15 is 0 Å². The van der Waals surface area contributed by atoms with E-state index in [0.29, 0.717) is 0 Å². The molecule has 116 valence electrons. The maximum atomic E-state index is 13.3. The Hall–Kier alpha value is -2.11. The van der Waals surface area contributed by atoms with Crippen LogP contribution in [0.25, 0.3) is 0 Å². The van der Waals surface area contributed by atoms with Crippen molar-refractivity contribution < 1.29 is 18.7 Å². The maximum absolute atomic E-state index is 13.3. The van der Waals surface area contributed by atoms with Crippen LogP contribution in [0.3, 0.4) is 0 Å². The van der Waals surface area contributed by atoms with Gasteiger partial charge in [0.05, 0.1) is 11.3 Å². The molecule has 6 heteroatoms. The highest BCUT2D eigenvalue weighted by Crippen LogP contribution is 2.13. The van der Waals surface area contributed by atoms with Crippen molar-refractivity contribution in [1.29, 1.82) is 0 Å². The first-order valence-electron chi connectivity index (χ1n) is 6.91. The number of benzene rings is 1. The van der Waals surface area contributed by atoms with Crippen LogP contribution in [-0.2, 0) is 9.53 Å². The topological polar surface area (TPSA) is 81.4 Å². The first-order chi connectivity index (χ1) is 9.85. The number of anilines is 1. The van der Waals surface area contributed by atoms with Gasteiger partial charge in [0.1, 0.15) is 5.82 Å². The van der Waals surface area contributed by atoms with Crippen LogP contribution in [0.4, 0.5) is 10.1 Å². The fraction of sp³-hybridized carbons (Fsp3) is 0.467. The van der Waals surface area contributed by atoms with Gasteiger partial charge in [0, 0.05) is 6.04 Å². The summed E-state index contributed by atoms with van der Waals surface area (Å²) in [6, 6.07) is 3.63. The summed E-state index contributed by atoms with van der Waals surface area (Å²) in [5.74, 6) is -1.84. The van der Waals surface area contributed by atoms with Gasteiger partial charge < -0.3 is 15.8 Å². The predicted molar refractivity (Wildman–Crippen MR) is 78.2 cm³/mol. The van der Waals surface area contributed by atoms with Crippen molar-refractivity contribution in [1.82, 2.24) is 5.32 Å². The average molecular weight is 296 g/mol. The maximum Gasteiger partial charge on any atom is 0.339 e. The summed E-state index contributed by atoms with van der Waals surface area (Å²) in [7, 11) is 0. The van der Waals surface area contributed by atoms with Crippen molar-refractivity contribution in [2.24, 2.45) is 0 Å². The molecule has 1 rings (SSSR count). The molecule has 1 amide bonds. The summed E-state index contributed by atoms with van der Waals surface area (Å²) in [5.41, 5.74) is 5.30. The number of nitrogen functional groups attached to an aromatic ring is 1. The second kappa shape index (κ2) is 7.61. The minimum atomic E-state index is -0.947. The summed E-state index contributed by atoms with van der Waals surface area (Å²) in [4.78, 5) is 23.7. The highest BCUT2D eigenvalue weighted by atomic mass is 19.1. The van der Waals surface area contributed by atoms with Crippen LogP contribution in [0.15, 0.2) is 18.2 Å².